The monoisotopic (exact) mass is 456 g/mol. The van der Waals surface area contributed by atoms with E-state index in [1.54, 1.807) is 28.2 Å². The van der Waals surface area contributed by atoms with Gasteiger partial charge in [0.1, 0.15) is 18.1 Å². The Bertz CT molecular complexity index is 844. The molecule has 0 radical (unpaired) electrons. The number of furan rings is 1. The smallest absolute Gasteiger partial charge is 0.254 e. The van der Waals surface area contributed by atoms with Crippen LogP contribution < -0.4 is 4.74 Å². The van der Waals surface area contributed by atoms with Crippen LogP contribution in [0.4, 0.5) is 0 Å². The number of carbonyl (C=O) groups is 2. The third-order valence-electron chi connectivity index (χ3n) is 5.70. The molecule has 1 aliphatic rings. The molecule has 0 N–H and O–H groups in total. The van der Waals surface area contributed by atoms with Crippen molar-refractivity contribution in [3.63, 3.8) is 0 Å². The summed E-state index contributed by atoms with van der Waals surface area (Å²) in [5, 5.41) is 0. The summed E-state index contributed by atoms with van der Waals surface area (Å²) < 4.78 is 16.9. The fourth-order valence-electron chi connectivity index (χ4n) is 3.88. The van der Waals surface area contributed by atoms with Gasteiger partial charge in [0, 0.05) is 25.3 Å². The second kappa shape index (κ2) is 13.0. The van der Waals surface area contributed by atoms with E-state index in [2.05, 4.69) is 6.92 Å². The van der Waals surface area contributed by atoms with Crippen molar-refractivity contribution < 1.29 is 23.5 Å². The summed E-state index contributed by atoms with van der Waals surface area (Å²) in [6.45, 7) is 6.90. The van der Waals surface area contributed by atoms with Crippen molar-refractivity contribution in [1.29, 1.82) is 0 Å². The number of carbonyl (C=O) groups excluding carboxylic acids is 2. The van der Waals surface area contributed by atoms with E-state index in [9.17, 15) is 9.59 Å². The quantitative estimate of drug-likeness (QED) is 0.415. The predicted octanol–water partition coefficient (Wildman–Crippen LogP) is 4.52. The first-order chi connectivity index (χ1) is 16.1. The van der Waals surface area contributed by atoms with Gasteiger partial charge in [-0.25, -0.2) is 0 Å². The molecule has 1 aliphatic heterocycles. The van der Waals surface area contributed by atoms with Crippen molar-refractivity contribution in [3.8, 4) is 5.75 Å². The molecular formula is C26H36N2O5. The largest absolute Gasteiger partial charge is 0.494 e. The number of benzene rings is 1. The number of hydrogen-bond acceptors (Lipinski definition) is 5. The fraction of sp³-hybridized carbons (Fsp3) is 0.538. The zero-order valence-corrected chi connectivity index (χ0v) is 19.8. The standard InChI is InChI=1S/C26H36N2O5/c1-3-5-15-31-22-12-10-21(11-13-22)26(30)27(14-4-2)20-25(29)28(18-23-8-6-16-32-23)19-24-9-7-17-33-24/h6,8,10-13,16,24H,3-5,7,9,14-15,17-20H2,1-2H3. The summed E-state index contributed by atoms with van der Waals surface area (Å²) in [7, 11) is 0. The van der Waals surface area contributed by atoms with Crippen molar-refractivity contribution in [1.82, 2.24) is 9.80 Å². The van der Waals surface area contributed by atoms with Gasteiger partial charge in [0.15, 0.2) is 0 Å². The Labute approximate surface area is 196 Å². The van der Waals surface area contributed by atoms with E-state index < -0.39 is 0 Å². The molecule has 7 heteroatoms. The molecule has 2 aromatic rings. The first-order valence-corrected chi connectivity index (χ1v) is 12.0. The van der Waals surface area contributed by atoms with Gasteiger partial charge in [-0.2, -0.15) is 0 Å². The molecule has 0 bridgehead atoms. The fourth-order valence-corrected chi connectivity index (χ4v) is 3.88. The van der Waals surface area contributed by atoms with Crippen molar-refractivity contribution in [2.45, 2.75) is 58.6 Å². The highest BCUT2D eigenvalue weighted by Crippen LogP contribution is 2.18. The molecule has 33 heavy (non-hydrogen) atoms. The average Bonchev–Trinajstić information content (AvgIpc) is 3.53. The van der Waals surface area contributed by atoms with Crippen molar-refractivity contribution in [2.75, 3.05) is 32.8 Å². The van der Waals surface area contributed by atoms with Gasteiger partial charge in [0.05, 0.1) is 25.5 Å². The summed E-state index contributed by atoms with van der Waals surface area (Å²) in [6.07, 6.45) is 6.40. The first-order valence-electron chi connectivity index (χ1n) is 12.0. The van der Waals surface area contributed by atoms with Gasteiger partial charge in [0.25, 0.3) is 5.91 Å². The van der Waals surface area contributed by atoms with Gasteiger partial charge in [-0.15, -0.1) is 0 Å². The maximum absolute atomic E-state index is 13.3. The molecule has 1 saturated heterocycles. The first kappa shape index (κ1) is 24.8. The average molecular weight is 457 g/mol. The zero-order chi connectivity index (χ0) is 23.5. The van der Waals surface area contributed by atoms with E-state index in [1.807, 2.05) is 31.2 Å². The summed E-state index contributed by atoms with van der Waals surface area (Å²) in [5.74, 6) is 1.20. The molecule has 1 fully saturated rings. The molecule has 0 spiro atoms. The molecule has 1 atom stereocenters. The number of unbranched alkanes of at least 4 members (excludes halogenated alkanes) is 1. The number of hydrogen-bond donors (Lipinski definition) is 0. The van der Waals surface area contributed by atoms with Crippen LogP contribution in [0.2, 0.25) is 0 Å². The molecule has 180 valence electrons. The molecule has 0 aliphatic carbocycles. The van der Waals surface area contributed by atoms with Crippen LogP contribution >= 0.6 is 0 Å². The van der Waals surface area contributed by atoms with Crippen molar-refractivity contribution in [3.05, 3.63) is 54.0 Å². The Balaban J connectivity index is 1.66. The minimum atomic E-state index is -0.152. The van der Waals surface area contributed by atoms with E-state index >= 15 is 0 Å². The Morgan fingerprint density at radius 1 is 1.09 bits per heavy atom. The van der Waals surface area contributed by atoms with Crippen LogP contribution in [0.1, 0.15) is 62.1 Å². The number of rotatable bonds is 13. The molecule has 2 heterocycles. The van der Waals surface area contributed by atoms with E-state index in [0.29, 0.717) is 37.6 Å². The highest BCUT2D eigenvalue weighted by atomic mass is 16.5. The molecule has 1 aromatic carbocycles. The van der Waals surface area contributed by atoms with Crippen LogP contribution in [0, 0.1) is 0 Å². The second-order valence-electron chi connectivity index (χ2n) is 8.44. The van der Waals surface area contributed by atoms with E-state index in [-0.39, 0.29) is 24.5 Å². The van der Waals surface area contributed by atoms with Crippen molar-refractivity contribution in [2.24, 2.45) is 0 Å². The number of nitrogens with zero attached hydrogens (tertiary/aromatic N) is 2. The van der Waals surface area contributed by atoms with E-state index in [4.69, 9.17) is 13.9 Å². The maximum Gasteiger partial charge on any atom is 0.254 e. The molecule has 7 nitrogen and oxygen atoms in total. The minimum Gasteiger partial charge on any atom is -0.494 e. The molecule has 1 aromatic heterocycles. The Morgan fingerprint density at radius 3 is 2.55 bits per heavy atom. The van der Waals surface area contributed by atoms with E-state index in [0.717, 1.165) is 44.5 Å². The number of ether oxygens (including phenoxy) is 2. The Kier molecular flexibility index (Phi) is 9.81. The lowest BCUT2D eigenvalue weighted by Gasteiger charge is -2.28. The highest BCUT2D eigenvalue weighted by molar-refractivity contribution is 5.96. The third-order valence-corrected chi connectivity index (χ3v) is 5.70. The van der Waals surface area contributed by atoms with Crippen molar-refractivity contribution >= 4 is 11.8 Å². The highest BCUT2D eigenvalue weighted by Gasteiger charge is 2.26. The maximum atomic E-state index is 13.3. The van der Waals surface area contributed by atoms with Gasteiger partial charge in [-0.1, -0.05) is 20.3 Å². The van der Waals surface area contributed by atoms with E-state index in [1.165, 1.54) is 0 Å². The molecular weight excluding hydrogens is 420 g/mol. The topological polar surface area (TPSA) is 72.2 Å². The van der Waals surface area contributed by atoms with Crippen LogP contribution in [0.5, 0.6) is 5.75 Å². The Morgan fingerprint density at radius 2 is 1.91 bits per heavy atom. The lowest BCUT2D eigenvalue weighted by Crippen LogP contribution is -2.45. The summed E-state index contributed by atoms with van der Waals surface area (Å²) >= 11 is 0. The Hall–Kier alpha value is -2.80. The number of amides is 2. The second-order valence-corrected chi connectivity index (χ2v) is 8.44. The van der Waals surface area contributed by atoms with Gasteiger partial charge >= 0.3 is 0 Å². The zero-order valence-electron chi connectivity index (χ0n) is 19.8. The third kappa shape index (κ3) is 7.63. The van der Waals surface area contributed by atoms with Crippen LogP contribution in [-0.4, -0.2) is 60.6 Å². The summed E-state index contributed by atoms with van der Waals surface area (Å²) in [6, 6.07) is 10.8. The molecule has 2 amide bonds. The van der Waals surface area contributed by atoms with Gasteiger partial charge < -0.3 is 23.7 Å². The van der Waals surface area contributed by atoms with Crippen LogP contribution in [0.15, 0.2) is 47.1 Å². The lowest BCUT2D eigenvalue weighted by molar-refractivity contribution is -0.134. The van der Waals surface area contributed by atoms with Gasteiger partial charge in [0.2, 0.25) is 5.91 Å². The normalized spacial score (nSPS) is 15.4. The van der Waals surface area contributed by atoms with Gasteiger partial charge in [-0.05, 0) is 62.1 Å². The minimum absolute atomic E-state index is 0.0227. The van der Waals surface area contributed by atoms with Crippen LogP contribution in [-0.2, 0) is 16.1 Å². The van der Waals surface area contributed by atoms with Crippen LogP contribution in [0.3, 0.4) is 0 Å². The van der Waals surface area contributed by atoms with Crippen LogP contribution in [0.25, 0.3) is 0 Å². The molecule has 1 unspecified atom stereocenters. The summed E-state index contributed by atoms with van der Waals surface area (Å²) in [5.41, 5.74) is 0.552. The molecule has 3 rings (SSSR count). The predicted molar refractivity (Wildman–Crippen MR) is 126 cm³/mol. The molecule has 0 saturated carbocycles. The summed E-state index contributed by atoms with van der Waals surface area (Å²) in [4.78, 5) is 29.9. The lowest BCUT2D eigenvalue weighted by atomic mass is 10.1. The van der Waals surface area contributed by atoms with Gasteiger partial charge in [-0.3, -0.25) is 9.59 Å². The SMILES string of the molecule is CCCCOc1ccc(C(=O)N(CCC)CC(=O)N(Cc2ccco2)CC2CCCO2)cc1.